The van der Waals surface area contributed by atoms with Gasteiger partial charge in [-0.05, 0) is 61.4 Å². The van der Waals surface area contributed by atoms with E-state index in [0.29, 0.717) is 0 Å². The number of nitrogens with one attached hydrogen (secondary N) is 2. The van der Waals surface area contributed by atoms with E-state index in [1.54, 1.807) is 0 Å². The third-order valence-corrected chi connectivity index (χ3v) is 4.68. The van der Waals surface area contributed by atoms with E-state index in [1.807, 2.05) is 73.4 Å². The lowest BCUT2D eigenvalue weighted by atomic mass is 9.93. The van der Waals surface area contributed by atoms with Crippen molar-refractivity contribution in [2.75, 3.05) is 0 Å². The standard InChI is InChI=1S/C24H22N4/c1-17-7-3-11-21(27-15-19-9-5-13-25-19)23(17)24-18(2)8-4-12-22(24)28-16-20-10-6-14-26-20/h3-16,25-26H,1-2H3. The van der Waals surface area contributed by atoms with Crippen LogP contribution in [0.1, 0.15) is 22.5 Å². The number of H-pyrrole nitrogens is 2. The second kappa shape index (κ2) is 7.92. The van der Waals surface area contributed by atoms with Crippen molar-refractivity contribution in [3.05, 3.63) is 95.6 Å². The lowest BCUT2D eigenvalue weighted by Gasteiger charge is -2.15. The first-order chi connectivity index (χ1) is 13.7. The molecule has 0 amide bonds. The van der Waals surface area contributed by atoms with Crippen molar-refractivity contribution in [1.82, 2.24) is 9.97 Å². The molecule has 2 aromatic heterocycles. The Hall–Kier alpha value is -3.66. The van der Waals surface area contributed by atoms with Gasteiger partial charge < -0.3 is 9.97 Å². The molecule has 2 aromatic carbocycles. The number of aryl methyl sites for hydroxylation is 2. The minimum atomic E-state index is 0.931. The van der Waals surface area contributed by atoms with Crippen LogP contribution in [0, 0.1) is 13.8 Å². The molecule has 4 rings (SSSR count). The second-order valence-corrected chi connectivity index (χ2v) is 6.71. The smallest absolute Gasteiger partial charge is 0.0712 e. The molecule has 0 unspecified atom stereocenters. The van der Waals surface area contributed by atoms with Crippen molar-refractivity contribution >= 4 is 23.8 Å². The average Bonchev–Trinajstić information content (AvgIpc) is 3.39. The second-order valence-electron chi connectivity index (χ2n) is 6.71. The maximum Gasteiger partial charge on any atom is 0.0712 e. The van der Waals surface area contributed by atoms with Crippen LogP contribution in [0.25, 0.3) is 11.1 Å². The highest BCUT2D eigenvalue weighted by molar-refractivity contribution is 5.92. The largest absolute Gasteiger partial charge is 0.360 e. The van der Waals surface area contributed by atoms with E-state index in [1.165, 1.54) is 11.1 Å². The average molecular weight is 366 g/mol. The Balaban J connectivity index is 1.83. The summed E-state index contributed by atoms with van der Waals surface area (Å²) in [5.41, 5.74) is 8.38. The zero-order valence-electron chi connectivity index (χ0n) is 16.0. The number of hydrogen-bond acceptors (Lipinski definition) is 2. The van der Waals surface area contributed by atoms with Gasteiger partial charge in [0.15, 0.2) is 0 Å². The van der Waals surface area contributed by atoms with Crippen LogP contribution in [0.2, 0.25) is 0 Å². The molecule has 4 aromatic rings. The number of aliphatic imine (C=N–C) groups is 2. The normalized spacial score (nSPS) is 11.6. The van der Waals surface area contributed by atoms with Gasteiger partial charge in [0.05, 0.1) is 35.2 Å². The van der Waals surface area contributed by atoms with E-state index in [-0.39, 0.29) is 0 Å². The Morgan fingerprint density at radius 1 is 0.607 bits per heavy atom. The first kappa shape index (κ1) is 17.7. The molecular weight excluding hydrogens is 344 g/mol. The van der Waals surface area contributed by atoms with Crippen LogP contribution in [0.15, 0.2) is 83.0 Å². The highest BCUT2D eigenvalue weighted by atomic mass is 14.8. The topological polar surface area (TPSA) is 56.3 Å². The molecule has 4 heteroatoms. The number of rotatable bonds is 5. The Morgan fingerprint density at radius 3 is 1.46 bits per heavy atom. The fraction of sp³-hybridized carbons (Fsp3) is 0.0833. The maximum atomic E-state index is 4.76. The fourth-order valence-electron chi connectivity index (χ4n) is 3.30. The summed E-state index contributed by atoms with van der Waals surface area (Å²) in [6.45, 7) is 4.24. The maximum absolute atomic E-state index is 4.76. The predicted octanol–water partition coefficient (Wildman–Crippen LogP) is 6.13. The van der Waals surface area contributed by atoms with Gasteiger partial charge in [-0.25, -0.2) is 0 Å². The van der Waals surface area contributed by atoms with Gasteiger partial charge in [-0.1, -0.05) is 24.3 Å². The van der Waals surface area contributed by atoms with Crippen molar-refractivity contribution in [3.8, 4) is 11.1 Å². The summed E-state index contributed by atoms with van der Waals surface area (Å²) >= 11 is 0. The summed E-state index contributed by atoms with van der Waals surface area (Å²) in [5, 5.41) is 0. The lowest BCUT2D eigenvalue weighted by molar-refractivity contribution is 1.35. The molecule has 0 atom stereocenters. The van der Waals surface area contributed by atoms with E-state index in [2.05, 4.69) is 35.9 Å². The Morgan fingerprint density at radius 2 is 1.07 bits per heavy atom. The van der Waals surface area contributed by atoms with E-state index in [4.69, 9.17) is 9.98 Å². The molecule has 0 saturated heterocycles. The molecule has 2 heterocycles. The highest BCUT2D eigenvalue weighted by Crippen LogP contribution is 2.41. The Labute approximate surface area is 164 Å². The number of aromatic nitrogens is 2. The summed E-state index contributed by atoms with van der Waals surface area (Å²) < 4.78 is 0. The molecular formula is C24H22N4. The molecule has 0 bridgehead atoms. The first-order valence-corrected chi connectivity index (χ1v) is 9.27. The minimum absolute atomic E-state index is 0.931. The third-order valence-electron chi connectivity index (χ3n) is 4.68. The number of benzene rings is 2. The molecule has 0 saturated carbocycles. The van der Waals surface area contributed by atoms with Crippen molar-refractivity contribution in [2.45, 2.75) is 13.8 Å². The van der Waals surface area contributed by atoms with Crippen LogP contribution < -0.4 is 0 Å². The molecule has 0 spiro atoms. The van der Waals surface area contributed by atoms with Crippen LogP contribution in [-0.4, -0.2) is 22.4 Å². The number of hydrogen-bond donors (Lipinski definition) is 2. The van der Waals surface area contributed by atoms with Gasteiger partial charge in [-0.2, -0.15) is 0 Å². The predicted molar refractivity (Wildman–Crippen MR) is 117 cm³/mol. The minimum Gasteiger partial charge on any atom is -0.360 e. The number of nitrogens with zero attached hydrogens (tertiary/aromatic N) is 2. The highest BCUT2D eigenvalue weighted by Gasteiger charge is 2.14. The van der Waals surface area contributed by atoms with Crippen LogP contribution >= 0.6 is 0 Å². The summed E-state index contributed by atoms with van der Waals surface area (Å²) in [7, 11) is 0. The Bertz CT molecular complexity index is 1030. The molecule has 0 aliphatic rings. The van der Waals surface area contributed by atoms with E-state index >= 15 is 0 Å². The van der Waals surface area contributed by atoms with Crippen molar-refractivity contribution < 1.29 is 0 Å². The molecule has 28 heavy (non-hydrogen) atoms. The molecule has 0 aliphatic carbocycles. The first-order valence-electron chi connectivity index (χ1n) is 9.27. The molecule has 138 valence electrons. The van der Waals surface area contributed by atoms with Gasteiger partial charge in [-0.15, -0.1) is 0 Å². The van der Waals surface area contributed by atoms with Gasteiger partial charge in [0.25, 0.3) is 0 Å². The molecule has 4 nitrogen and oxygen atoms in total. The summed E-state index contributed by atoms with van der Waals surface area (Å²) in [5.74, 6) is 0. The molecule has 0 fully saturated rings. The number of aromatic amines is 2. The van der Waals surface area contributed by atoms with Gasteiger partial charge in [-0.3, -0.25) is 9.98 Å². The van der Waals surface area contributed by atoms with Crippen LogP contribution in [-0.2, 0) is 0 Å². The van der Waals surface area contributed by atoms with Crippen molar-refractivity contribution in [2.24, 2.45) is 9.98 Å². The SMILES string of the molecule is Cc1cccc(N=Cc2ccc[nH]2)c1-c1c(C)cccc1N=Cc1ccc[nH]1. The van der Waals surface area contributed by atoms with Crippen molar-refractivity contribution in [1.29, 1.82) is 0 Å². The van der Waals surface area contributed by atoms with Crippen LogP contribution in [0.4, 0.5) is 11.4 Å². The summed E-state index contributed by atoms with van der Waals surface area (Å²) in [6, 6.07) is 20.3. The summed E-state index contributed by atoms with van der Waals surface area (Å²) in [6.07, 6.45) is 7.51. The van der Waals surface area contributed by atoms with Gasteiger partial charge in [0, 0.05) is 23.5 Å². The van der Waals surface area contributed by atoms with Gasteiger partial charge in [0.1, 0.15) is 0 Å². The van der Waals surface area contributed by atoms with Crippen LogP contribution in [0.3, 0.4) is 0 Å². The lowest BCUT2D eigenvalue weighted by Crippen LogP contribution is -1.90. The quantitative estimate of drug-likeness (QED) is 0.399. The molecule has 0 radical (unpaired) electrons. The zero-order chi connectivity index (χ0) is 19.3. The Kier molecular flexibility index (Phi) is 5.02. The molecule has 0 aliphatic heterocycles. The van der Waals surface area contributed by atoms with Crippen molar-refractivity contribution in [3.63, 3.8) is 0 Å². The van der Waals surface area contributed by atoms with Gasteiger partial charge >= 0.3 is 0 Å². The third kappa shape index (κ3) is 3.71. The zero-order valence-corrected chi connectivity index (χ0v) is 16.0. The monoisotopic (exact) mass is 366 g/mol. The van der Waals surface area contributed by atoms with E-state index in [9.17, 15) is 0 Å². The van der Waals surface area contributed by atoms with E-state index < -0.39 is 0 Å². The summed E-state index contributed by atoms with van der Waals surface area (Å²) in [4.78, 5) is 15.9. The van der Waals surface area contributed by atoms with E-state index in [0.717, 1.165) is 33.9 Å². The van der Waals surface area contributed by atoms with Crippen LogP contribution in [0.5, 0.6) is 0 Å². The fourth-order valence-corrected chi connectivity index (χ4v) is 3.30. The van der Waals surface area contributed by atoms with Gasteiger partial charge in [0.2, 0.25) is 0 Å². The molecule has 2 N–H and O–H groups in total.